The Morgan fingerprint density at radius 2 is 1.56 bits per heavy atom. The molecule has 0 fully saturated rings. The molecule has 1 heterocycles. The van der Waals surface area contributed by atoms with E-state index in [1.165, 1.54) is 10.9 Å². The average Bonchev–Trinajstić information content (AvgIpc) is 2.29. The summed E-state index contributed by atoms with van der Waals surface area (Å²) in [5.41, 5.74) is 2.38. The molecule has 0 amide bonds. The van der Waals surface area contributed by atoms with Crippen LogP contribution in [0.3, 0.4) is 0 Å². The molecule has 16 heavy (non-hydrogen) atoms. The highest BCUT2D eigenvalue weighted by molar-refractivity contribution is 8.15. The molecule has 1 atom stereocenters. The van der Waals surface area contributed by atoms with Crippen LogP contribution >= 0.6 is 6.26 Å². The lowest BCUT2D eigenvalue weighted by atomic mass is 10.0. The summed E-state index contributed by atoms with van der Waals surface area (Å²) in [6.07, 6.45) is -1.88. The summed E-state index contributed by atoms with van der Waals surface area (Å²) in [7, 11) is 0. The van der Waals surface area contributed by atoms with E-state index in [2.05, 4.69) is 24.3 Å². The van der Waals surface area contributed by atoms with E-state index in [0.29, 0.717) is 0 Å². The first-order valence-electron chi connectivity index (χ1n) is 5.14. The number of hydrogen-bond acceptors (Lipinski definition) is 2. The van der Waals surface area contributed by atoms with Crippen LogP contribution in [-0.4, -0.2) is 6.66 Å². The van der Waals surface area contributed by atoms with Gasteiger partial charge in [-0.15, -0.1) is 0 Å². The van der Waals surface area contributed by atoms with E-state index in [1.807, 2.05) is 30.9 Å². The van der Waals surface area contributed by atoms with Crippen LogP contribution in [0.5, 0.6) is 5.75 Å². The summed E-state index contributed by atoms with van der Waals surface area (Å²) < 4.78 is 5.97. The zero-order chi connectivity index (χ0) is 11.2. The maximum absolute atomic E-state index is 5.97. The normalized spacial score (nSPS) is 21.8. The van der Waals surface area contributed by atoms with Crippen molar-refractivity contribution in [3.63, 3.8) is 0 Å². The predicted molar refractivity (Wildman–Crippen MR) is 72.3 cm³/mol. The third-order valence-electron chi connectivity index (χ3n) is 2.79. The number of para-hydroxylation sites is 1. The van der Waals surface area contributed by atoms with Crippen molar-refractivity contribution >= 4 is 23.4 Å². The van der Waals surface area contributed by atoms with Crippen molar-refractivity contribution in [2.45, 2.75) is 0 Å². The average molecular weight is 246 g/mol. The van der Waals surface area contributed by atoms with E-state index < -0.39 is 6.26 Å². The van der Waals surface area contributed by atoms with Gasteiger partial charge in [0, 0.05) is 17.5 Å². The van der Waals surface area contributed by atoms with Crippen LogP contribution in [0.15, 0.2) is 48.5 Å². The Bertz CT molecular complexity index is 606. The van der Waals surface area contributed by atoms with Gasteiger partial charge < -0.3 is 4.52 Å². The van der Waals surface area contributed by atoms with E-state index in [-0.39, 0.29) is 0 Å². The van der Waals surface area contributed by atoms with Crippen molar-refractivity contribution in [1.82, 2.24) is 0 Å². The Kier molecular flexibility index (Phi) is 2.17. The van der Waals surface area contributed by atoms with Crippen molar-refractivity contribution in [2.75, 3.05) is 6.66 Å². The maximum atomic E-state index is 5.97. The highest BCUT2D eigenvalue weighted by Gasteiger charge is 2.26. The number of rotatable bonds is 0. The molecule has 1 aliphatic rings. The monoisotopic (exact) mass is 246 g/mol. The molecule has 0 radical (unpaired) electrons. The lowest BCUT2D eigenvalue weighted by molar-refractivity contribution is 0.624. The van der Waals surface area contributed by atoms with Crippen LogP contribution in [0.25, 0.3) is 11.1 Å². The molecule has 80 valence electrons. The van der Waals surface area contributed by atoms with E-state index in [4.69, 9.17) is 16.3 Å². The molecule has 1 aliphatic heterocycles. The van der Waals surface area contributed by atoms with Crippen LogP contribution in [-0.2, 0) is 11.8 Å². The van der Waals surface area contributed by atoms with Crippen molar-refractivity contribution in [3.05, 3.63) is 48.5 Å². The number of hydrogen-bond donors (Lipinski definition) is 0. The van der Waals surface area contributed by atoms with Crippen molar-refractivity contribution in [3.8, 4) is 16.9 Å². The van der Waals surface area contributed by atoms with Gasteiger partial charge in [0.2, 0.25) is 0 Å². The standard InChI is InChI=1S/C13H11OPS/c1-15(16)13-9-5-3-7-11(13)10-6-2-4-8-12(10)14-15/h2-9H,1H3. The first-order valence-corrected chi connectivity index (χ1v) is 8.31. The molecule has 0 saturated heterocycles. The Hall–Kier alpha value is -1.11. The van der Waals surface area contributed by atoms with Gasteiger partial charge in [0.15, 0.2) is 0 Å². The third kappa shape index (κ3) is 1.41. The fourth-order valence-electron chi connectivity index (χ4n) is 2.06. The molecule has 3 heteroatoms. The molecule has 3 rings (SSSR count). The van der Waals surface area contributed by atoms with Crippen molar-refractivity contribution < 1.29 is 4.52 Å². The van der Waals surface area contributed by atoms with E-state index >= 15 is 0 Å². The highest BCUT2D eigenvalue weighted by atomic mass is 32.4. The van der Waals surface area contributed by atoms with Crippen LogP contribution in [0, 0.1) is 0 Å². The second-order valence-corrected chi connectivity index (χ2v) is 8.40. The zero-order valence-electron chi connectivity index (χ0n) is 8.88. The largest absolute Gasteiger partial charge is 0.462 e. The summed E-state index contributed by atoms with van der Waals surface area (Å²) in [6, 6.07) is 16.4. The lowest BCUT2D eigenvalue weighted by Gasteiger charge is -2.28. The highest BCUT2D eigenvalue weighted by Crippen LogP contribution is 2.51. The number of fused-ring (bicyclic) bond motifs is 3. The maximum Gasteiger partial charge on any atom is 0.140 e. The summed E-state index contributed by atoms with van der Waals surface area (Å²) >= 11 is 5.61. The minimum Gasteiger partial charge on any atom is -0.462 e. The van der Waals surface area contributed by atoms with Gasteiger partial charge in [-0.05, 0) is 29.5 Å². The molecule has 0 aliphatic carbocycles. The Balaban J connectivity index is 2.38. The van der Waals surface area contributed by atoms with E-state index in [1.54, 1.807) is 0 Å². The van der Waals surface area contributed by atoms with E-state index in [9.17, 15) is 0 Å². The minimum atomic E-state index is -1.88. The van der Waals surface area contributed by atoms with Gasteiger partial charge >= 0.3 is 0 Å². The van der Waals surface area contributed by atoms with Gasteiger partial charge in [0.05, 0.1) is 0 Å². The van der Waals surface area contributed by atoms with Gasteiger partial charge in [0.1, 0.15) is 12.0 Å². The molecule has 0 N–H and O–H groups in total. The molecule has 1 unspecified atom stereocenters. The predicted octanol–water partition coefficient (Wildman–Crippen LogP) is 3.40. The lowest BCUT2D eigenvalue weighted by Crippen LogP contribution is -2.16. The fourth-order valence-corrected chi connectivity index (χ4v) is 4.40. The SMILES string of the molecule is CP1(=S)Oc2ccccc2-c2ccccc21. The second kappa shape index (κ2) is 3.44. The summed E-state index contributed by atoms with van der Waals surface area (Å²) in [6.45, 7) is 2.04. The fraction of sp³-hybridized carbons (Fsp3) is 0.0769. The Morgan fingerprint density at radius 1 is 0.938 bits per heavy atom. The molecule has 1 nitrogen and oxygen atoms in total. The molecule has 0 saturated carbocycles. The molecule has 2 aromatic carbocycles. The Labute approximate surface area is 100 Å². The summed E-state index contributed by atoms with van der Waals surface area (Å²) in [4.78, 5) is 0. The first-order chi connectivity index (χ1) is 7.68. The van der Waals surface area contributed by atoms with Gasteiger partial charge in [-0.25, -0.2) is 0 Å². The minimum absolute atomic E-state index is 0.923. The zero-order valence-corrected chi connectivity index (χ0v) is 10.6. The summed E-state index contributed by atoms with van der Waals surface area (Å²) in [5, 5.41) is 1.18. The topological polar surface area (TPSA) is 9.23 Å². The Morgan fingerprint density at radius 3 is 2.38 bits per heavy atom. The van der Waals surface area contributed by atoms with Gasteiger partial charge in [-0.3, -0.25) is 0 Å². The van der Waals surface area contributed by atoms with Gasteiger partial charge in [-0.1, -0.05) is 36.4 Å². The van der Waals surface area contributed by atoms with Crippen LogP contribution in [0.2, 0.25) is 0 Å². The first kappa shape index (κ1) is 10.1. The van der Waals surface area contributed by atoms with Gasteiger partial charge in [-0.2, -0.15) is 0 Å². The third-order valence-corrected chi connectivity index (χ3v) is 5.42. The van der Waals surface area contributed by atoms with Crippen LogP contribution in [0.1, 0.15) is 0 Å². The molecule has 0 aromatic heterocycles. The molecular formula is C13H11OPS. The van der Waals surface area contributed by atoms with Crippen molar-refractivity contribution in [2.24, 2.45) is 0 Å². The quantitative estimate of drug-likeness (QED) is 0.659. The van der Waals surface area contributed by atoms with Crippen LogP contribution < -0.4 is 9.83 Å². The molecular weight excluding hydrogens is 235 g/mol. The molecule has 0 bridgehead atoms. The molecule has 2 aromatic rings. The van der Waals surface area contributed by atoms with Crippen LogP contribution in [0.4, 0.5) is 0 Å². The number of benzene rings is 2. The summed E-state index contributed by atoms with van der Waals surface area (Å²) in [5.74, 6) is 0.923. The molecule has 0 spiro atoms. The van der Waals surface area contributed by atoms with Crippen molar-refractivity contribution in [1.29, 1.82) is 0 Å². The smallest absolute Gasteiger partial charge is 0.140 e. The van der Waals surface area contributed by atoms with Gasteiger partial charge in [0.25, 0.3) is 0 Å². The second-order valence-electron chi connectivity index (χ2n) is 3.95. The van der Waals surface area contributed by atoms with E-state index in [0.717, 1.165) is 11.3 Å².